The second kappa shape index (κ2) is 10.3. The molecule has 0 atom stereocenters. The topological polar surface area (TPSA) is 101 Å². The normalized spacial score (nSPS) is 10.4. The molecular weight excluding hydrogens is 368 g/mol. The van der Waals surface area contributed by atoms with Crippen LogP contribution >= 0.6 is 0 Å². The lowest BCUT2D eigenvalue weighted by molar-refractivity contribution is -0.136. The molecule has 2 aromatic rings. The van der Waals surface area contributed by atoms with Crippen LogP contribution in [0, 0.1) is 0 Å². The van der Waals surface area contributed by atoms with Crippen molar-refractivity contribution in [3.05, 3.63) is 53.1 Å². The molecule has 0 unspecified atom stereocenters. The summed E-state index contributed by atoms with van der Waals surface area (Å²) in [4.78, 5) is 24.5. The molecule has 0 radical (unpaired) electrons. The number of hydrogen-bond donors (Lipinski definition) is 1. The van der Waals surface area contributed by atoms with Gasteiger partial charge < -0.3 is 28.8 Å². The Bertz CT molecular complexity index is 814. The van der Waals surface area contributed by atoms with E-state index in [0.29, 0.717) is 17.1 Å². The number of hydrogen-bond acceptors (Lipinski definition) is 7. The highest BCUT2D eigenvalue weighted by molar-refractivity contribution is 6.12. The smallest absolute Gasteiger partial charge is 0.307 e. The predicted molar refractivity (Wildman–Crippen MR) is 99.2 cm³/mol. The lowest BCUT2D eigenvalue weighted by atomic mass is 9.95. The summed E-state index contributed by atoms with van der Waals surface area (Å²) in [5.41, 5.74) is 0.752. The van der Waals surface area contributed by atoms with Crippen molar-refractivity contribution in [1.29, 1.82) is 0 Å². The van der Waals surface area contributed by atoms with Crippen molar-refractivity contribution in [2.45, 2.75) is 6.42 Å². The average Bonchev–Trinajstić information content (AvgIpc) is 2.69. The van der Waals surface area contributed by atoms with Crippen molar-refractivity contribution < 1.29 is 38.4 Å². The third-order valence-corrected chi connectivity index (χ3v) is 3.75. The quantitative estimate of drug-likeness (QED) is 0.461. The molecule has 0 aliphatic rings. The molecule has 0 heterocycles. The maximum Gasteiger partial charge on any atom is 0.307 e. The molecule has 1 N–H and O–H groups in total. The van der Waals surface area contributed by atoms with Gasteiger partial charge in [-0.2, -0.15) is 0 Å². The lowest BCUT2D eigenvalue weighted by Crippen LogP contribution is -2.14. The number of rotatable bonds is 11. The summed E-state index contributed by atoms with van der Waals surface area (Å²) in [7, 11) is 4.42. The van der Waals surface area contributed by atoms with Crippen LogP contribution in [0.5, 0.6) is 17.2 Å². The molecule has 0 saturated carbocycles. The lowest BCUT2D eigenvalue weighted by Gasteiger charge is -2.16. The van der Waals surface area contributed by atoms with Crippen molar-refractivity contribution in [2.24, 2.45) is 0 Å². The highest BCUT2D eigenvalue weighted by Crippen LogP contribution is 2.32. The SMILES string of the molecule is COCOc1cc(CC(=O)O)c(C(=O)c2ccc(OC)cc2)c(OCOC)c1. The van der Waals surface area contributed by atoms with Gasteiger partial charge >= 0.3 is 5.97 Å². The fraction of sp³-hybridized carbons (Fsp3) is 0.300. The van der Waals surface area contributed by atoms with Crippen LogP contribution < -0.4 is 14.2 Å². The van der Waals surface area contributed by atoms with Gasteiger partial charge in [-0.1, -0.05) is 0 Å². The van der Waals surface area contributed by atoms with Gasteiger partial charge in [0.2, 0.25) is 0 Å². The van der Waals surface area contributed by atoms with Crippen LogP contribution in [0.25, 0.3) is 0 Å². The zero-order valence-electron chi connectivity index (χ0n) is 15.9. The van der Waals surface area contributed by atoms with Crippen molar-refractivity contribution in [3.8, 4) is 17.2 Å². The average molecular weight is 390 g/mol. The predicted octanol–water partition coefficient (Wildman–Crippen LogP) is 2.52. The Morgan fingerprint density at radius 2 is 1.54 bits per heavy atom. The molecule has 0 aliphatic heterocycles. The Balaban J connectivity index is 2.54. The summed E-state index contributed by atoms with van der Waals surface area (Å²) < 4.78 is 25.8. The van der Waals surface area contributed by atoms with Gasteiger partial charge in [-0.25, -0.2) is 0 Å². The van der Waals surface area contributed by atoms with Crippen molar-refractivity contribution in [3.63, 3.8) is 0 Å². The molecule has 2 rings (SSSR count). The summed E-state index contributed by atoms with van der Waals surface area (Å²) in [5, 5.41) is 9.29. The number of ether oxygens (including phenoxy) is 5. The Morgan fingerprint density at radius 1 is 0.893 bits per heavy atom. The van der Waals surface area contributed by atoms with Gasteiger partial charge in [0.05, 0.1) is 19.1 Å². The maximum atomic E-state index is 13.1. The van der Waals surface area contributed by atoms with Gasteiger partial charge in [0.25, 0.3) is 0 Å². The van der Waals surface area contributed by atoms with Crippen molar-refractivity contribution in [2.75, 3.05) is 34.9 Å². The van der Waals surface area contributed by atoms with Crippen LogP contribution in [0.2, 0.25) is 0 Å². The number of aliphatic carboxylic acids is 1. The van der Waals surface area contributed by atoms with Crippen LogP contribution in [0.3, 0.4) is 0 Å². The molecule has 0 spiro atoms. The molecule has 0 aliphatic carbocycles. The Kier molecular flexibility index (Phi) is 7.79. The Labute approximate surface area is 162 Å². The van der Waals surface area contributed by atoms with E-state index in [1.54, 1.807) is 24.3 Å². The zero-order valence-corrected chi connectivity index (χ0v) is 15.9. The molecule has 0 aromatic heterocycles. The molecule has 8 nitrogen and oxygen atoms in total. The van der Waals surface area contributed by atoms with Gasteiger partial charge in [0, 0.05) is 25.8 Å². The summed E-state index contributed by atoms with van der Waals surface area (Å²) in [6.07, 6.45) is -0.384. The highest BCUT2D eigenvalue weighted by atomic mass is 16.7. The minimum absolute atomic E-state index is 0.0397. The van der Waals surface area contributed by atoms with Crippen LogP contribution in [-0.4, -0.2) is 51.8 Å². The van der Waals surface area contributed by atoms with E-state index in [9.17, 15) is 14.7 Å². The van der Waals surface area contributed by atoms with Gasteiger partial charge in [-0.15, -0.1) is 0 Å². The number of carboxylic acids is 1. The number of benzene rings is 2. The minimum Gasteiger partial charge on any atom is -0.497 e. The monoisotopic (exact) mass is 390 g/mol. The number of carbonyl (C=O) groups excluding carboxylic acids is 1. The van der Waals surface area contributed by atoms with E-state index in [1.165, 1.54) is 33.5 Å². The van der Waals surface area contributed by atoms with Gasteiger partial charge in [0.1, 0.15) is 17.2 Å². The number of methoxy groups -OCH3 is 3. The Morgan fingerprint density at radius 3 is 2.11 bits per heavy atom. The maximum absolute atomic E-state index is 13.1. The van der Waals surface area contributed by atoms with Crippen LogP contribution in [-0.2, 0) is 20.7 Å². The molecule has 150 valence electrons. The fourth-order valence-corrected chi connectivity index (χ4v) is 2.54. The summed E-state index contributed by atoms with van der Waals surface area (Å²) >= 11 is 0. The standard InChI is InChI=1S/C20H22O8/c1-24-11-27-16-8-14(9-18(21)22)19(17(10-16)28-12-25-2)20(23)13-4-6-15(26-3)7-5-13/h4-8,10H,9,11-12H2,1-3H3,(H,21,22). The molecule has 0 bridgehead atoms. The second-order valence-electron chi connectivity index (χ2n) is 5.69. The number of carboxylic acid groups (broad SMARTS) is 1. The number of ketones is 1. The first kappa shape index (κ1) is 21.2. The van der Waals surface area contributed by atoms with E-state index in [4.69, 9.17) is 23.7 Å². The van der Waals surface area contributed by atoms with Gasteiger partial charge in [-0.05, 0) is 35.9 Å². The third kappa shape index (κ3) is 5.45. The Hall–Kier alpha value is -3.10. The molecule has 0 amide bonds. The summed E-state index contributed by atoms with van der Waals surface area (Å²) in [6, 6.07) is 9.48. The summed E-state index contributed by atoms with van der Waals surface area (Å²) in [6.45, 7) is -0.162. The third-order valence-electron chi connectivity index (χ3n) is 3.75. The first-order valence-corrected chi connectivity index (χ1v) is 8.31. The van der Waals surface area contributed by atoms with E-state index in [2.05, 4.69) is 0 Å². The number of carbonyl (C=O) groups is 2. The van der Waals surface area contributed by atoms with E-state index in [0.717, 1.165) is 0 Å². The zero-order chi connectivity index (χ0) is 20.5. The molecule has 28 heavy (non-hydrogen) atoms. The van der Waals surface area contributed by atoms with E-state index in [-0.39, 0.29) is 42.7 Å². The second-order valence-corrected chi connectivity index (χ2v) is 5.69. The van der Waals surface area contributed by atoms with Crippen LogP contribution in [0.15, 0.2) is 36.4 Å². The largest absolute Gasteiger partial charge is 0.497 e. The van der Waals surface area contributed by atoms with E-state index >= 15 is 0 Å². The summed E-state index contributed by atoms with van der Waals surface area (Å²) in [5.74, 6) is -0.404. The molecule has 0 saturated heterocycles. The first-order valence-electron chi connectivity index (χ1n) is 8.31. The minimum atomic E-state index is -1.09. The molecular formula is C20H22O8. The van der Waals surface area contributed by atoms with Crippen LogP contribution in [0.4, 0.5) is 0 Å². The first-order chi connectivity index (χ1) is 13.5. The van der Waals surface area contributed by atoms with Gasteiger partial charge in [0.15, 0.2) is 19.4 Å². The van der Waals surface area contributed by atoms with Crippen molar-refractivity contribution in [1.82, 2.24) is 0 Å². The van der Waals surface area contributed by atoms with Crippen molar-refractivity contribution >= 4 is 11.8 Å². The van der Waals surface area contributed by atoms with Gasteiger partial charge in [-0.3, -0.25) is 9.59 Å². The van der Waals surface area contributed by atoms with E-state index < -0.39 is 5.97 Å². The fourth-order valence-electron chi connectivity index (χ4n) is 2.54. The molecule has 2 aromatic carbocycles. The van der Waals surface area contributed by atoms with E-state index in [1.807, 2.05) is 0 Å². The highest BCUT2D eigenvalue weighted by Gasteiger charge is 2.23. The molecule has 8 heteroatoms. The molecule has 0 fully saturated rings. The van der Waals surface area contributed by atoms with Crippen LogP contribution in [0.1, 0.15) is 21.5 Å².